The Balaban J connectivity index is 1.92. The molecule has 5 nitrogen and oxygen atoms in total. The van der Waals surface area contributed by atoms with Crippen molar-refractivity contribution < 1.29 is 0 Å². The molecule has 0 bridgehead atoms. The van der Waals surface area contributed by atoms with Crippen LogP contribution in [0.2, 0.25) is 0 Å². The molecule has 0 radical (unpaired) electrons. The summed E-state index contributed by atoms with van der Waals surface area (Å²) in [6.45, 7) is 8.50. The second-order valence-corrected chi connectivity index (χ2v) is 7.68. The minimum Gasteiger partial charge on any atom is -0.265 e. The van der Waals surface area contributed by atoms with Gasteiger partial charge in [0, 0.05) is 5.39 Å². The SMILES string of the molecule is Cc1nn(Cc2cccc3ccccc23)c(=O)c2c1cnn2C(C)(C)C. The van der Waals surface area contributed by atoms with Crippen LogP contribution in [-0.2, 0) is 12.1 Å². The maximum absolute atomic E-state index is 13.2. The van der Waals surface area contributed by atoms with Crippen LogP contribution >= 0.6 is 0 Å². The summed E-state index contributed by atoms with van der Waals surface area (Å²) in [7, 11) is 0. The lowest BCUT2D eigenvalue weighted by Crippen LogP contribution is -2.31. The Morgan fingerprint density at radius 1 is 1.00 bits per heavy atom. The van der Waals surface area contributed by atoms with E-state index in [0.717, 1.165) is 27.4 Å². The summed E-state index contributed by atoms with van der Waals surface area (Å²) in [5, 5.41) is 12.1. The molecule has 0 aliphatic heterocycles. The topological polar surface area (TPSA) is 52.7 Å². The highest BCUT2D eigenvalue weighted by Gasteiger charge is 2.21. The van der Waals surface area contributed by atoms with Gasteiger partial charge < -0.3 is 0 Å². The summed E-state index contributed by atoms with van der Waals surface area (Å²) in [5.41, 5.74) is 2.14. The normalized spacial score (nSPS) is 12.2. The van der Waals surface area contributed by atoms with Gasteiger partial charge in [0.2, 0.25) is 0 Å². The molecule has 4 rings (SSSR count). The van der Waals surface area contributed by atoms with Gasteiger partial charge in [-0.1, -0.05) is 42.5 Å². The van der Waals surface area contributed by atoms with E-state index in [4.69, 9.17) is 0 Å². The molecular weight excluding hydrogens is 324 g/mol. The molecule has 0 N–H and O–H groups in total. The lowest BCUT2D eigenvalue weighted by Gasteiger charge is -2.20. The molecule has 2 aromatic heterocycles. The molecular formula is C21H22N4O. The summed E-state index contributed by atoms with van der Waals surface area (Å²) >= 11 is 0. The number of rotatable bonds is 2. The van der Waals surface area contributed by atoms with Crippen molar-refractivity contribution in [3.63, 3.8) is 0 Å². The van der Waals surface area contributed by atoms with Crippen LogP contribution in [0.25, 0.3) is 21.7 Å². The molecule has 0 aliphatic carbocycles. The van der Waals surface area contributed by atoms with Crippen molar-refractivity contribution in [2.24, 2.45) is 0 Å². The predicted octanol–water partition coefficient (Wildman–Crippen LogP) is 3.86. The van der Waals surface area contributed by atoms with Crippen molar-refractivity contribution in [2.75, 3.05) is 0 Å². The van der Waals surface area contributed by atoms with Gasteiger partial charge in [-0.15, -0.1) is 0 Å². The van der Waals surface area contributed by atoms with E-state index in [1.165, 1.54) is 0 Å². The van der Waals surface area contributed by atoms with Gasteiger partial charge in [-0.05, 0) is 44.0 Å². The number of hydrogen-bond acceptors (Lipinski definition) is 3. The standard InChI is InChI=1S/C21H22N4O/c1-14-18-12-22-25(21(2,3)4)19(18)20(26)24(23-14)13-16-10-7-9-15-8-5-6-11-17(15)16/h5-12H,13H2,1-4H3. The molecule has 0 unspecified atom stereocenters. The molecule has 4 aromatic rings. The van der Waals surface area contributed by atoms with E-state index in [1.807, 2.05) is 45.9 Å². The van der Waals surface area contributed by atoms with Crippen LogP contribution in [0.4, 0.5) is 0 Å². The number of nitrogens with zero attached hydrogens (tertiary/aromatic N) is 4. The number of hydrogen-bond donors (Lipinski definition) is 0. The zero-order chi connectivity index (χ0) is 18.5. The van der Waals surface area contributed by atoms with Crippen LogP contribution in [0.15, 0.2) is 53.5 Å². The number of benzene rings is 2. The molecule has 0 atom stereocenters. The molecule has 0 saturated carbocycles. The van der Waals surface area contributed by atoms with Crippen LogP contribution in [0.1, 0.15) is 32.0 Å². The largest absolute Gasteiger partial charge is 0.293 e. The Kier molecular flexibility index (Phi) is 3.68. The van der Waals surface area contributed by atoms with Crippen LogP contribution in [0, 0.1) is 6.92 Å². The summed E-state index contributed by atoms with van der Waals surface area (Å²) in [4.78, 5) is 13.2. The van der Waals surface area contributed by atoms with E-state index in [9.17, 15) is 4.79 Å². The summed E-state index contributed by atoms with van der Waals surface area (Å²) in [6.07, 6.45) is 1.74. The fourth-order valence-electron chi connectivity index (χ4n) is 3.43. The van der Waals surface area contributed by atoms with Crippen molar-refractivity contribution >= 4 is 21.7 Å². The average molecular weight is 346 g/mol. The van der Waals surface area contributed by atoms with E-state index in [1.54, 1.807) is 15.6 Å². The molecule has 0 saturated heterocycles. The van der Waals surface area contributed by atoms with Crippen LogP contribution in [0.5, 0.6) is 0 Å². The van der Waals surface area contributed by atoms with Crippen molar-refractivity contribution in [3.8, 4) is 0 Å². The van der Waals surface area contributed by atoms with Crippen molar-refractivity contribution in [1.82, 2.24) is 19.6 Å². The monoisotopic (exact) mass is 346 g/mol. The van der Waals surface area contributed by atoms with E-state index in [0.29, 0.717) is 12.1 Å². The van der Waals surface area contributed by atoms with Crippen molar-refractivity contribution in [1.29, 1.82) is 0 Å². The Hall–Kier alpha value is -2.95. The minimum absolute atomic E-state index is 0.106. The van der Waals surface area contributed by atoms with Gasteiger partial charge >= 0.3 is 0 Å². The minimum atomic E-state index is -0.272. The zero-order valence-corrected chi connectivity index (χ0v) is 15.5. The van der Waals surface area contributed by atoms with Gasteiger partial charge in [-0.2, -0.15) is 10.2 Å². The lowest BCUT2D eigenvalue weighted by molar-refractivity contribution is 0.366. The maximum Gasteiger partial charge on any atom is 0.293 e. The van der Waals surface area contributed by atoms with Gasteiger partial charge in [0.05, 0.1) is 24.0 Å². The quantitative estimate of drug-likeness (QED) is 0.554. The second-order valence-electron chi connectivity index (χ2n) is 7.68. The Labute approximate surface area is 151 Å². The number of aryl methyl sites for hydroxylation is 1. The van der Waals surface area contributed by atoms with Gasteiger partial charge in [-0.3, -0.25) is 9.48 Å². The van der Waals surface area contributed by atoms with Gasteiger partial charge in [0.1, 0.15) is 5.52 Å². The number of fused-ring (bicyclic) bond motifs is 2. The van der Waals surface area contributed by atoms with Gasteiger partial charge in [0.15, 0.2) is 0 Å². The van der Waals surface area contributed by atoms with Gasteiger partial charge in [0.25, 0.3) is 5.56 Å². The molecule has 132 valence electrons. The molecule has 2 heterocycles. The van der Waals surface area contributed by atoms with E-state index in [-0.39, 0.29) is 11.1 Å². The third-order valence-corrected chi connectivity index (χ3v) is 4.70. The van der Waals surface area contributed by atoms with Crippen molar-refractivity contribution in [2.45, 2.75) is 39.8 Å². The molecule has 5 heteroatoms. The van der Waals surface area contributed by atoms with E-state index >= 15 is 0 Å². The zero-order valence-electron chi connectivity index (χ0n) is 15.5. The van der Waals surface area contributed by atoms with Gasteiger partial charge in [-0.25, -0.2) is 4.68 Å². The second kappa shape index (κ2) is 5.80. The van der Waals surface area contributed by atoms with E-state index in [2.05, 4.69) is 34.5 Å². The number of aromatic nitrogens is 4. The lowest BCUT2D eigenvalue weighted by atomic mass is 10.0. The third-order valence-electron chi connectivity index (χ3n) is 4.70. The molecule has 26 heavy (non-hydrogen) atoms. The molecule has 0 fully saturated rings. The highest BCUT2D eigenvalue weighted by Crippen LogP contribution is 2.22. The van der Waals surface area contributed by atoms with Crippen LogP contribution in [0.3, 0.4) is 0 Å². The fourth-order valence-corrected chi connectivity index (χ4v) is 3.43. The summed E-state index contributed by atoms with van der Waals surface area (Å²) in [5.74, 6) is 0. The van der Waals surface area contributed by atoms with E-state index < -0.39 is 0 Å². The smallest absolute Gasteiger partial charge is 0.265 e. The summed E-state index contributed by atoms with van der Waals surface area (Å²) in [6, 6.07) is 14.4. The fraction of sp³-hybridized carbons (Fsp3) is 0.286. The first kappa shape index (κ1) is 16.5. The van der Waals surface area contributed by atoms with Crippen LogP contribution < -0.4 is 5.56 Å². The maximum atomic E-state index is 13.2. The van der Waals surface area contributed by atoms with Crippen LogP contribution in [-0.4, -0.2) is 19.6 Å². The Morgan fingerprint density at radius 3 is 2.50 bits per heavy atom. The molecule has 0 aliphatic rings. The highest BCUT2D eigenvalue weighted by atomic mass is 16.1. The average Bonchev–Trinajstić information content (AvgIpc) is 3.06. The Bertz CT molecular complexity index is 1170. The molecule has 2 aromatic carbocycles. The first-order valence-electron chi connectivity index (χ1n) is 8.79. The highest BCUT2D eigenvalue weighted by molar-refractivity contribution is 5.85. The Morgan fingerprint density at radius 2 is 1.73 bits per heavy atom. The predicted molar refractivity (Wildman–Crippen MR) is 105 cm³/mol. The first-order chi connectivity index (χ1) is 12.4. The summed E-state index contributed by atoms with van der Waals surface area (Å²) < 4.78 is 3.36. The van der Waals surface area contributed by atoms with Crippen molar-refractivity contribution in [3.05, 3.63) is 70.3 Å². The first-order valence-corrected chi connectivity index (χ1v) is 8.79. The third kappa shape index (κ3) is 2.60. The molecule has 0 amide bonds. The molecule has 0 spiro atoms.